The van der Waals surface area contributed by atoms with Gasteiger partial charge in [0.15, 0.2) is 0 Å². The monoisotopic (exact) mass is 480 g/mol. The van der Waals surface area contributed by atoms with E-state index >= 15 is 0 Å². The van der Waals surface area contributed by atoms with Gasteiger partial charge in [0.05, 0.1) is 5.97 Å². The second-order valence-electron chi connectivity index (χ2n) is 10.2. The van der Waals surface area contributed by atoms with Crippen molar-refractivity contribution in [2.24, 2.45) is 0 Å². The zero-order valence-corrected chi connectivity index (χ0v) is 22.4. The molecular weight excluding hydrogens is 467 g/mol. The number of carboxylic acid groups (broad SMARTS) is 1. The first-order valence-electron chi connectivity index (χ1n) is 11.9. The predicted molar refractivity (Wildman–Crippen MR) is 144 cm³/mol. The van der Waals surface area contributed by atoms with Gasteiger partial charge in [-0.05, 0) is 115 Å². The van der Waals surface area contributed by atoms with Gasteiger partial charge in [-0.1, -0.05) is 60.7 Å². The summed E-state index contributed by atoms with van der Waals surface area (Å²) >= 11 is 0. The molecule has 10 aromatic carbocycles. The van der Waals surface area contributed by atoms with Gasteiger partial charge in [-0.3, -0.25) is 0 Å². The standard InChI is InChI=1S/C33H14O2.K/c34-33(35)22-13-20-10-6-16-4-8-18-11-17-7-3-14-1-2-15-5-9-19-12-21(22)30-26(20)25(16)28(18)31-27(17)23(14)24(15)29(19)32(30)31;/h1-13H,(H,34,35);/q;+1/p-1. The molecule has 0 saturated carbocycles. The molecule has 0 unspecified atom stereocenters. The molecule has 158 valence electrons. The fourth-order valence-electron chi connectivity index (χ4n) is 7.43. The Morgan fingerprint density at radius 2 is 0.750 bits per heavy atom. The van der Waals surface area contributed by atoms with E-state index in [-0.39, 0.29) is 56.9 Å². The summed E-state index contributed by atoms with van der Waals surface area (Å²) in [4.78, 5) is 12.4. The SMILES string of the molecule is O=C([O-])c1cc2ccc3ccc4cc5ccc6ccc7ccc8cc1c1c2c3c4c2c5c6c7c8c12.[K+]. The maximum absolute atomic E-state index is 12.4. The molecule has 0 aliphatic heterocycles. The number of rotatable bonds is 1. The van der Waals surface area contributed by atoms with Gasteiger partial charge in [-0.2, -0.15) is 0 Å². The van der Waals surface area contributed by atoms with Crippen LogP contribution in [-0.2, 0) is 0 Å². The summed E-state index contributed by atoms with van der Waals surface area (Å²) in [6.45, 7) is 0. The number of hydrogen-bond donors (Lipinski definition) is 0. The Labute approximate surface area is 246 Å². The van der Waals surface area contributed by atoms with Crippen molar-refractivity contribution in [3.05, 3.63) is 84.4 Å². The van der Waals surface area contributed by atoms with Crippen LogP contribution in [0.15, 0.2) is 78.9 Å². The van der Waals surface area contributed by atoms with E-state index in [9.17, 15) is 9.90 Å². The number of carboxylic acids is 1. The first kappa shape index (κ1) is 20.1. The van der Waals surface area contributed by atoms with Crippen LogP contribution < -0.4 is 56.5 Å². The van der Waals surface area contributed by atoms with Crippen molar-refractivity contribution < 1.29 is 61.3 Å². The minimum atomic E-state index is -1.12. The van der Waals surface area contributed by atoms with Crippen LogP contribution in [0.4, 0.5) is 0 Å². The molecule has 2 nitrogen and oxygen atoms in total. The maximum Gasteiger partial charge on any atom is 1.00 e. The van der Waals surface area contributed by atoms with E-state index in [2.05, 4.69) is 72.8 Å². The number of hydrogen-bond acceptors (Lipinski definition) is 2. The summed E-state index contributed by atoms with van der Waals surface area (Å²) in [6, 6.07) is 28.1. The number of aromatic carboxylic acids is 1. The van der Waals surface area contributed by atoms with E-state index < -0.39 is 5.97 Å². The minimum absolute atomic E-state index is 0. The molecule has 0 fully saturated rings. The molecule has 0 radical (unpaired) electrons. The molecule has 36 heavy (non-hydrogen) atoms. The Bertz CT molecular complexity index is 2480. The number of carbonyl (C=O) groups excluding carboxylic acids is 1. The summed E-state index contributed by atoms with van der Waals surface area (Å²) in [5, 5.41) is 33.7. The molecule has 0 saturated heterocycles. The summed E-state index contributed by atoms with van der Waals surface area (Å²) in [6.07, 6.45) is 0. The van der Waals surface area contributed by atoms with E-state index in [1.807, 2.05) is 6.07 Å². The van der Waals surface area contributed by atoms with Gasteiger partial charge in [-0.25, -0.2) is 0 Å². The van der Waals surface area contributed by atoms with Gasteiger partial charge in [0, 0.05) is 5.56 Å². The molecule has 10 aromatic rings. The second-order valence-corrected chi connectivity index (χ2v) is 10.2. The molecule has 0 aromatic heterocycles. The fourth-order valence-corrected chi connectivity index (χ4v) is 7.43. The summed E-state index contributed by atoms with van der Waals surface area (Å²) in [5.74, 6) is -1.12. The number of carbonyl (C=O) groups is 1. The van der Waals surface area contributed by atoms with Crippen molar-refractivity contribution in [1.29, 1.82) is 0 Å². The molecule has 0 spiro atoms. The summed E-state index contributed by atoms with van der Waals surface area (Å²) < 4.78 is 0. The quantitative estimate of drug-likeness (QED) is 0.195. The van der Waals surface area contributed by atoms with Crippen LogP contribution >= 0.6 is 0 Å². The van der Waals surface area contributed by atoms with E-state index in [0.29, 0.717) is 0 Å². The Morgan fingerprint density at radius 3 is 1.22 bits per heavy atom. The normalized spacial score (nSPS) is 13.0. The molecule has 0 N–H and O–H groups in total. The predicted octanol–water partition coefficient (Wildman–Crippen LogP) is 4.62. The Balaban J connectivity index is 0.00000194. The van der Waals surface area contributed by atoms with Crippen LogP contribution in [0, 0.1) is 0 Å². The van der Waals surface area contributed by atoms with Crippen molar-refractivity contribution in [1.82, 2.24) is 0 Å². The second kappa shape index (κ2) is 6.25. The third-order valence-electron chi connectivity index (χ3n) is 8.67. The fraction of sp³-hybridized carbons (Fsp3) is 0. The third-order valence-corrected chi connectivity index (χ3v) is 8.67. The van der Waals surface area contributed by atoms with Crippen molar-refractivity contribution >= 4 is 103 Å². The summed E-state index contributed by atoms with van der Waals surface area (Å²) in [5.41, 5.74) is 0.268. The van der Waals surface area contributed by atoms with Crippen LogP contribution in [0.3, 0.4) is 0 Å². The van der Waals surface area contributed by atoms with E-state index in [0.717, 1.165) is 21.5 Å². The smallest absolute Gasteiger partial charge is 0.545 e. The maximum atomic E-state index is 12.4. The van der Waals surface area contributed by atoms with Gasteiger partial charge in [-0.15, -0.1) is 0 Å². The van der Waals surface area contributed by atoms with Gasteiger partial charge < -0.3 is 9.90 Å². The topological polar surface area (TPSA) is 40.1 Å². The Kier molecular flexibility index (Phi) is 3.48. The third kappa shape index (κ3) is 1.99. The van der Waals surface area contributed by atoms with Crippen LogP contribution in [-0.4, -0.2) is 5.97 Å². The van der Waals surface area contributed by atoms with Crippen molar-refractivity contribution in [2.45, 2.75) is 0 Å². The molecule has 0 heterocycles. The molecule has 3 heteroatoms. The van der Waals surface area contributed by atoms with Gasteiger partial charge in [0.25, 0.3) is 0 Å². The molecule has 0 atom stereocenters. The van der Waals surface area contributed by atoms with Gasteiger partial charge in [0.2, 0.25) is 0 Å². The van der Waals surface area contributed by atoms with Gasteiger partial charge >= 0.3 is 51.4 Å². The van der Waals surface area contributed by atoms with Crippen LogP contribution in [0.5, 0.6) is 0 Å². The van der Waals surface area contributed by atoms with Crippen molar-refractivity contribution in [3.63, 3.8) is 0 Å². The average molecular weight is 481 g/mol. The van der Waals surface area contributed by atoms with E-state index in [1.165, 1.54) is 75.4 Å². The zero-order valence-electron chi connectivity index (χ0n) is 19.3. The molecule has 0 aliphatic rings. The number of benzene rings is 10. The molecule has 0 amide bonds. The van der Waals surface area contributed by atoms with E-state index in [4.69, 9.17) is 0 Å². The van der Waals surface area contributed by atoms with Gasteiger partial charge in [0.1, 0.15) is 0 Å². The van der Waals surface area contributed by atoms with Crippen molar-refractivity contribution in [3.8, 4) is 0 Å². The molecule has 0 bridgehead atoms. The molecular formula is C33H13KO2. The molecule has 0 aliphatic carbocycles. The largest absolute Gasteiger partial charge is 1.00 e. The first-order valence-corrected chi connectivity index (χ1v) is 11.9. The van der Waals surface area contributed by atoms with Crippen LogP contribution in [0.1, 0.15) is 10.4 Å². The van der Waals surface area contributed by atoms with Crippen LogP contribution in [0.25, 0.3) is 97.0 Å². The Hall–Kier alpha value is -3.05. The molecule has 10 rings (SSSR count). The van der Waals surface area contributed by atoms with Crippen LogP contribution in [0.2, 0.25) is 0 Å². The van der Waals surface area contributed by atoms with Crippen molar-refractivity contribution in [2.75, 3.05) is 0 Å². The summed E-state index contributed by atoms with van der Waals surface area (Å²) in [7, 11) is 0. The first-order chi connectivity index (χ1) is 17.2. The Morgan fingerprint density at radius 1 is 0.417 bits per heavy atom. The zero-order chi connectivity index (χ0) is 22.7. The minimum Gasteiger partial charge on any atom is -0.545 e. The average Bonchev–Trinajstić information content (AvgIpc) is 2.89. The van der Waals surface area contributed by atoms with E-state index in [1.54, 1.807) is 0 Å².